The summed E-state index contributed by atoms with van der Waals surface area (Å²) in [5, 5.41) is 3.59. The topological polar surface area (TPSA) is 67.4 Å². The fourth-order valence-electron chi connectivity index (χ4n) is 5.76. The zero-order valence-electron chi connectivity index (χ0n) is 27.2. The third-order valence-corrected chi connectivity index (χ3v) is 8.28. The van der Waals surface area contributed by atoms with Crippen LogP contribution in [0, 0.1) is 0 Å². The average molecular weight is 646 g/mol. The van der Waals surface area contributed by atoms with Crippen molar-refractivity contribution in [3.05, 3.63) is 168 Å². The number of nitrogens with one attached hydrogen (secondary N) is 1. The maximum atomic E-state index is 6.87. The van der Waals surface area contributed by atoms with Gasteiger partial charge in [-0.25, -0.2) is 0 Å². The molecule has 1 fully saturated rings. The van der Waals surface area contributed by atoms with E-state index in [0.717, 1.165) is 33.7 Å². The van der Waals surface area contributed by atoms with E-state index in [1.54, 1.807) is 7.11 Å². The number of methoxy groups -OCH3 is 1. The summed E-state index contributed by atoms with van der Waals surface area (Å²) in [5.41, 5.74) is 5.12. The van der Waals surface area contributed by atoms with Crippen molar-refractivity contribution in [2.45, 2.75) is 57.1 Å². The molecule has 1 saturated heterocycles. The molecular formula is C41H43NO6. The van der Waals surface area contributed by atoms with Crippen LogP contribution in [0.1, 0.15) is 22.3 Å². The van der Waals surface area contributed by atoms with E-state index in [0.29, 0.717) is 33.0 Å². The molecule has 5 aromatic carbocycles. The van der Waals surface area contributed by atoms with E-state index in [4.69, 9.17) is 28.4 Å². The largest absolute Gasteiger partial charge is 0.497 e. The van der Waals surface area contributed by atoms with Crippen LogP contribution in [0.2, 0.25) is 0 Å². The van der Waals surface area contributed by atoms with Crippen LogP contribution < -0.4 is 10.1 Å². The number of benzene rings is 5. The Labute approximate surface area is 283 Å². The summed E-state index contributed by atoms with van der Waals surface area (Å²) in [4.78, 5) is 0. The summed E-state index contributed by atoms with van der Waals surface area (Å²) < 4.78 is 38.9. The zero-order chi connectivity index (χ0) is 32.8. The highest BCUT2D eigenvalue weighted by Gasteiger charge is 2.48. The third-order valence-electron chi connectivity index (χ3n) is 8.28. The zero-order valence-corrected chi connectivity index (χ0v) is 27.2. The van der Waals surface area contributed by atoms with Crippen LogP contribution in [0.15, 0.2) is 146 Å². The van der Waals surface area contributed by atoms with E-state index < -0.39 is 30.6 Å². The number of hydrogen-bond donors (Lipinski definition) is 1. The maximum absolute atomic E-state index is 6.87. The number of anilines is 1. The molecule has 1 aliphatic heterocycles. The quantitative estimate of drug-likeness (QED) is 0.117. The number of rotatable bonds is 16. The van der Waals surface area contributed by atoms with Gasteiger partial charge in [0.25, 0.3) is 0 Å². The lowest BCUT2D eigenvalue weighted by molar-refractivity contribution is -0.267. The van der Waals surface area contributed by atoms with Gasteiger partial charge in [-0.1, -0.05) is 121 Å². The van der Waals surface area contributed by atoms with Crippen LogP contribution in [0.5, 0.6) is 5.75 Å². The summed E-state index contributed by atoms with van der Waals surface area (Å²) in [6, 6.07) is 48.3. The maximum Gasteiger partial charge on any atom is 0.157 e. The normalized spacial score (nSPS) is 20.6. The molecule has 0 radical (unpaired) electrons. The van der Waals surface area contributed by atoms with Crippen molar-refractivity contribution in [3.63, 3.8) is 0 Å². The summed E-state index contributed by atoms with van der Waals surface area (Å²) in [7, 11) is 1.66. The molecule has 48 heavy (non-hydrogen) atoms. The van der Waals surface area contributed by atoms with Gasteiger partial charge in [0.05, 0.1) is 40.1 Å². The van der Waals surface area contributed by atoms with Crippen LogP contribution in [-0.4, -0.2) is 44.4 Å². The Kier molecular flexibility index (Phi) is 12.2. The standard InChI is InChI=1S/C41H43NO6/c1-43-36-24-22-35(23-25-36)42-41-40(47-29-34-20-12-5-13-21-34)39(46-28-33-18-10-4-11-19-33)38(45-27-32-16-8-3-9-17-32)37(48-41)30-44-26-31-14-6-2-7-15-31/h2-25,37-42H,26-30H2,1H3. The summed E-state index contributed by atoms with van der Waals surface area (Å²) in [6.45, 7) is 1.89. The van der Waals surface area contributed by atoms with Crippen molar-refractivity contribution in [3.8, 4) is 5.75 Å². The smallest absolute Gasteiger partial charge is 0.157 e. The highest BCUT2D eigenvalue weighted by Crippen LogP contribution is 2.32. The molecule has 5 aromatic rings. The van der Waals surface area contributed by atoms with Crippen LogP contribution in [0.3, 0.4) is 0 Å². The molecule has 7 heteroatoms. The minimum absolute atomic E-state index is 0.297. The summed E-state index contributed by atoms with van der Waals surface area (Å²) in [5.74, 6) is 0.771. The van der Waals surface area contributed by atoms with Gasteiger partial charge < -0.3 is 33.7 Å². The van der Waals surface area contributed by atoms with Crippen molar-refractivity contribution in [1.29, 1.82) is 0 Å². The van der Waals surface area contributed by atoms with Gasteiger partial charge in [-0.15, -0.1) is 0 Å². The minimum atomic E-state index is -0.579. The van der Waals surface area contributed by atoms with E-state index >= 15 is 0 Å². The molecule has 0 amide bonds. The Balaban J connectivity index is 1.32. The van der Waals surface area contributed by atoms with Gasteiger partial charge in [-0.3, -0.25) is 0 Å². The first-order chi connectivity index (χ1) is 23.7. The van der Waals surface area contributed by atoms with E-state index in [1.165, 1.54) is 0 Å². The van der Waals surface area contributed by atoms with E-state index in [9.17, 15) is 0 Å². The molecule has 1 heterocycles. The van der Waals surface area contributed by atoms with Crippen LogP contribution in [-0.2, 0) is 50.1 Å². The first-order valence-corrected chi connectivity index (χ1v) is 16.4. The van der Waals surface area contributed by atoms with Crippen molar-refractivity contribution in [1.82, 2.24) is 0 Å². The fourth-order valence-corrected chi connectivity index (χ4v) is 5.76. The molecule has 5 atom stereocenters. The highest BCUT2D eigenvalue weighted by atomic mass is 16.6. The lowest BCUT2D eigenvalue weighted by Gasteiger charge is -2.46. The first kappa shape index (κ1) is 33.4. The minimum Gasteiger partial charge on any atom is -0.497 e. The van der Waals surface area contributed by atoms with E-state index in [1.807, 2.05) is 97.1 Å². The second-order valence-electron chi connectivity index (χ2n) is 11.8. The van der Waals surface area contributed by atoms with Gasteiger partial charge in [-0.2, -0.15) is 0 Å². The molecular weight excluding hydrogens is 602 g/mol. The Morgan fingerprint density at radius 3 is 1.42 bits per heavy atom. The number of ether oxygens (including phenoxy) is 6. The summed E-state index contributed by atoms with van der Waals surface area (Å²) >= 11 is 0. The van der Waals surface area contributed by atoms with Gasteiger partial charge in [-0.05, 0) is 46.5 Å². The average Bonchev–Trinajstić information content (AvgIpc) is 3.15. The summed E-state index contributed by atoms with van der Waals surface area (Å²) in [6.07, 6.45) is -2.59. The lowest BCUT2D eigenvalue weighted by Crippen LogP contribution is -2.63. The molecule has 0 spiro atoms. The van der Waals surface area contributed by atoms with Crippen molar-refractivity contribution >= 4 is 5.69 Å². The Morgan fingerprint density at radius 1 is 0.500 bits per heavy atom. The molecule has 1 aliphatic rings. The monoisotopic (exact) mass is 645 g/mol. The molecule has 0 bridgehead atoms. The Bertz CT molecular complexity index is 1610. The first-order valence-electron chi connectivity index (χ1n) is 16.4. The SMILES string of the molecule is COc1ccc(NC2OC(COCc3ccccc3)C(OCc3ccccc3)C(OCc3ccccc3)C2OCc2ccccc2)cc1. The second-order valence-corrected chi connectivity index (χ2v) is 11.8. The molecule has 7 nitrogen and oxygen atoms in total. The van der Waals surface area contributed by atoms with Gasteiger partial charge in [0.1, 0.15) is 30.2 Å². The molecule has 0 saturated carbocycles. The predicted molar refractivity (Wildman–Crippen MR) is 186 cm³/mol. The lowest BCUT2D eigenvalue weighted by atomic mass is 9.96. The molecule has 1 N–H and O–H groups in total. The van der Waals surface area contributed by atoms with Crippen molar-refractivity contribution in [2.24, 2.45) is 0 Å². The molecule has 248 valence electrons. The Hall–Kier alpha value is -4.50. The van der Waals surface area contributed by atoms with Gasteiger partial charge in [0.15, 0.2) is 6.23 Å². The molecule has 0 aliphatic carbocycles. The van der Waals surface area contributed by atoms with Crippen LogP contribution in [0.4, 0.5) is 5.69 Å². The Morgan fingerprint density at radius 2 is 0.938 bits per heavy atom. The van der Waals surface area contributed by atoms with Crippen LogP contribution >= 0.6 is 0 Å². The predicted octanol–water partition coefficient (Wildman–Crippen LogP) is 7.81. The van der Waals surface area contributed by atoms with Gasteiger partial charge in [0, 0.05) is 5.69 Å². The second kappa shape index (κ2) is 17.6. The van der Waals surface area contributed by atoms with E-state index in [2.05, 4.69) is 53.8 Å². The molecule has 6 rings (SSSR count). The van der Waals surface area contributed by atoms with Crippen LogP contribution in [0.25, 0.3) is 0 Å². The molecule has 0 aromatic heterocycles. The third kappa shape index (κ3) is 9.53. The van der Waals surface area contributed by atoms with Gasteiger partial charge in [0.2, 0.25) is 0 Å². The van der Waals surface area contributed by atoms with Crippen molar-refractivity contribution in [2.75, 3.05) is 19.0 Å². The number of hydrogen-bond acceptors (Lipinski definition) is 7. The molecule has 5 unspecified atom stereocenters. The van der Waals surface area contributed by atoms with E-state index in [-0.39, 0.29) is 0 Å². The van der Waals surface area contributed by atoms with Crippen molar-refractivity contribution < 1.29 is 28.4 Å². The highest BCUT2D eigenvalue weighted by molar-refractivity contribution is 5.47. The fraction of sp³-hybridized carbons (Fsp3) is 0.268. The van der Waals surface area contributed by atoms with Gasteiger partial charge >= 0.3 is 0 Å².